The summed E-state index contributed by atoms with van der Waals surface area (Å²) in [4.78, 5) is 0. The summed E-state index contributed by atoms with van der Waals surface area (Å²) in [5.74, 6) is 0. The Morgan fingerprint density at radius 3 is 2.75 bits per heavy atom. The van der Waals surface area contributed by atoms with Crippen molar-refractivity contribution in [2.24, 2.45) is 5.41 Å². The fourth-order valence-electron chi connectivity index (χ4n) is 2.08. The lowest BCUT2D eigenvalue weighted by Gasteiger charge is -2.15. The highest BCUT2D eigenvalue weighted by molar-refractivity contribution is 4.94. The molecule has 1 saturated carbocycles. The summed E-state index contributed by atoms with van der Waals surface area (Å²) in [6.45, 7) is 7.02. The number of allylic oxidation sites excluding steroid dienone is 1. The standard InChI is InChI=1S/C14H27NO/c1-3-4-5-6-7-11-15-13-14(8-9-14)10-12-16-2/h3,15H,1,4-13H2,2H3. The number of hydrogen-bond acceptors (Lipinski definition) is 2. The molecule has 16 heavy (non-hydrogen) atoms. The molecule has 1 rings (SSSR count). The molecule has 0 saturated heterocycles. The number of hydrogen-bond donors (Lipinski definition) is 1. The second-order valence-corrected chi connectivity index (χ2v) is 5.06. The minimum absolute atomic E-state index is 0.594. The van der Waals surface area contributed by atoms with Gasteiger partial charge in [0, 0.05) is 20.3 Å². The Labute approximate surface area is 100 Å². The van der Waals surface area contributed by atoms with E-state index in [4.69, 9.17) is 4.74 Å². The minimum Gasteiger partial charge on any atom is -0.385 e. The average molecular weight is 225 g/mol. The SMILES string of the molecule is C=CCCCCCNCC1(CCOC)CC1. The Morgan fingerprint density at radius 2 is 2.12 bits per heavy atom. The Morgan fingerprint density at radius 1 is 1.31 bits per heavy atom. The Kier molecular flexibility index (Phi) is 6.74. The van der Waals surface area contributed by atoms with Crippen LogP contribution >= 0.6 is 0 Å². The fourth-order valence-corrected chi connectivity index (χ4v) is 2.08. The molecule has 0 aromatic rings. The molecular formula is C14H27NO. The maximum Gasteiger partial charge on any atom is 0.0468 e. The molecule has 2 heteroatoms. The van der Waals surface area contributed by atoms with Gasteiger partial charge in [-0.3, -0.25) is 0 Å². The van der Waals surface area contributed by atoms with E-state index in [1.165, 1.54) is 51.6 Å². The molecule has 0 spiro atoms. The van der Waals surface area contributed by atoms with Crippen molar-refractivity contribution >= 4 is 0 Å². The smallest absolute Gasteiger partial charge is 0.0468 e. The zero-order chi connectivity index (χ0) is 11.7. The van der Waals surface area contributed by atoms with Gasteiger partial charge in [0.05, 0.1) is 0 Å². The van der Waals surface area contributed by atoms with E-state index in [9.17, 15) is 0 Å². The first-order valence-electron chi connectivity index (χ1n) is 6.63. The van der Waals surface area contributed by atoms with Gasteiger partial charge in [-0.2, -0.15) is 0 Å². The predicted molar refractivity (Wildman–Crippen MR) is 69.7 cm³/mol. The third kappa shape index (κ3) is 5.66. The summed E-state index contributed by atoms with van der Waals surface area (Å²) < 4.78 is 5.15. The minimum atomic E-state index is 0.594. The second kappa shape index (κ2) is 7.86. The van der Waals surface area contributed by atoms with Gasteiger partial charge >= 0.3 is 0 Å². The van der Waals surface area contributed by atoms with Crippen LogP contribution in [-0.4, -0.2) is 26.8 Å². The maximum atomic E-state index is 5.15. The van der Waals surface area contributed by atoms with Gasteiger partial charge in [-0.15, -0.1) is 6.58 Å². The number of ether oxygens (including phenoxy) is 1. The molecule has 0 unspecified atom stereocenters. The average Bonchev–Trinajstić information content (AvgIpc) is 3.06. The van der Waals surface area contributed by atoms with E-state index < -0.39 is 0 Å². The molecule has 94 valence electrons. The highest BCUT2D eigenvalue weighted by Gasteiger charge is 2.41. The fraction of sp³-hybridized carbons (Fsp3) is 0.857. The van der Waals surface area contributed by atoms with Crippen LogP contribution in [-0.2, 0) is 4.74 Å². The van der Waals surface area contributed by atoms with Gasteiger partial charge in [-0.25, -0.2) is 0 Å². The van der Waals surface area contributed by atoms with Crippen molar-refractivity contribution in [3.05, 3.63) is 12.7 Å². The molecular weight excluding hydrogens is 198 g/mol. The van der Waals surface area contributed by atoms with Gasteiger partial charge in [-0.05, 0) is 50.5 Å². The van der Waals surface area contributed by atoms with Crippen molar-refractivity contribution < 1.29 is 4.74 Å². The first-order valence-corrected chi connectivity index (χ1v) is 6.63. The molecule has 1 N–H and O–H groups in total. The van der Waals surface area contributed by atoms with Crippen LogP contribution < -0.4 is 5.32 Å². The number of unbranched alkanes of at least 4 members (excludes halogenated alkanes) is 3. The molecule has 0 aromatic carbocycles. The van der Waals surface area contributed by atoms with E-state index in [1.54, 1.807) is 7.11 Å². The van der Waals surface area contributed by atoms with E-state index >= 15 is 0 Å². The van der Waals surface area contributed by atoms with Gasteiger partial charge in [-0.1, -0.05) is 12.5 Å². The summed E-state index contributed by atoms with van der Waals surface area (Å²) >= 11 is 0. The zero-order valence-corrected chi connectivity index (χ0v) is 10.8. The predicted octanol–water partition coefficient (Wildman–Crippen LogP) is 3.14. The van der Waals surface area contributed by atoms with Crippen LogP contribution in [0.2, 0.25) is 0 Å². The lowest BCUT2D eigenvalue weighted by molar-refractivity contribution is 0.171. The van der Waals surface area contributed by atoms with Crippen molar-refractivity contribution in [2.45, 2.75) is 44.9 Å². The lowest BCUT2D eigenvalue weighted by atomic mass is 10.0. The molecule has 0 radical (unpaired) electrons. The first-order chi connectivity index (χ1) is 7.83. The van der Waals surface area contributed by atoms with Gasteiger partial charge < -0.3 is 10.1 Å². The number of rotatable bonds is 11. The van der Waals surface area contributed by atoms with E-state index in [0.717, 1.165) is 13.0 Å². The van der Waals surface area contributed by atoms with Crippen LogP contribution in [0.4, 0.5) is 0 Å². The van der Waals surface area contributed by atoms with E-state index in [-0.39, 0.29) is 0 Å². The summed E-state index contributed by atoms with van der Waals surface area (Å²) in [5, 5.41) is 3.59. The van der Waals surface area contributed by atoms with Crippen LogP contribution in [0, 0.1) is 5.41 Å². The third-order valence-corrected chi connectivity index (χ3v) is 3.56. The normalized spacial score (nSPS) is 17.3. The van der Waals surface area contributed by atoms with Crippen molar-refractivity contribution in [3.63, 3.8) is 0 Å². The van der Waals surface area contributed by atoms with Crippen molar-refractivity contribution in [3.8, 4) is 0 Å². The number of nitrogens with one attached hydrogen (secondary N) is 1. The molecule has 0 atom stereocenters. The van der Waals surface area contributed by atoms with Gasteiger partial charge in [0.15, 0.2) is 0 Å². The van der Waals surface area contributed by atoms with Crippen LogP contribution in [0.15, 0.2) is 12.7 Å². The number of methoxy groups -OCH3 is 1. The summed E-state index contributed by atoms with van der Waals surface area (Å²) in [6.07, 6.45) is 11.1. The highest BCUT2D eigenvalue weighted by atomic mass is 16.5. The van der Waals surface area contributed by atoms with Gasteiger partial charge in [0.25, 0.3) is 0 Å². The molecule has 0 aliphatic heterocycles. The maximum absolute atomic E-state index is 5.15. The van der Waals surface area contributed by atoms with Crippen LogP contribution in [0.1, 0.15) is 44.9 Å². The molecule has 0 heterocycles. The van der Waals surface area contributed by atoms with Crippen molar-refractivity contribution in [1.82, 2.24) is 5.32 Å². The van der Waals surface area contributed by atoms with Crippen LogP contribution in [0.25, 0.3) is 0 Å². The molecule has 2 nitrogen and oxygen atoms in total. The topological polar surface area (TPSA) is 21.3 Å². The Hall–Kier alpha value is -0.340. The summed E-state index contributed by atoms with van der Waals surface area (Å²) in [5.41, 5.74) is 0.594. The first kappa shape index (κ1) is 13.7. The highest BCUT2D eigenvalue weighted by Crippen LogP contribution is 2.48. The largest absolute Gasteiger partial charge is 0.385 e. The molecule has 1 aliphatic rings. The van der Waals surface area contributed by atoms with Gasteiger partial charge in [0.1, 0.15) is 0 Å². The molecule has 0 aromatic heterocycles. The molecule has 0 bridgehead atoms. The Bertz CT molecular complexity index is 187. The summed E-state index contributed by atoms with van der Waals surface area (Å²) in [6, 6.07) is 0. The van der Waals surface area contributed by atoms with Crippen molar-refractivity contribution in [1.29, 1.82) is 0 Å². The van der Waals surface area contributed by atoms with E-state index in [2.05, 4.69) is 11.9 Å². The van der Waals surface area contributed by atoms with Gasteiger partial charge in [0.2, 0.25) is 0 Å². The quantitative estimate of drug-likeness (QED) is 0.431. The Balaban J connectivity index is 1.89. The summed E-state index contributed by atoms with van der Waals surface area (Å²) in [7, 11) is 1.79. The van der Waals surface area contributed by atoms with Crippen molar-refractivity contribution in [2.75, 3.05) is 26.8 Å². The molecule has 0 amide bonds. The second-order valence-electron chi connectivity index (χ2n) is 5.06. The third-order valence-electron chi connectivity index (χ3n) is 3.56. The molecule has 1 fully saturated rings. The van der Waals surface area contributed by atoms with Crippen LogP contribution in [0.3, 0.4) is 0 Å². The lowest BCUT2D eigenvalue weighted by Crippen LogP contribution is -2.25. The monoisotopic (exact) mass is 225 g/mol. The van der Waals surface area contributed by atoms with E-state index in [0.29, 0.717) is 5.41 Å². The van der Waals surface area contributed by atoms with E-state index in [1.807, 2.05) is 6.08 Å². The molecule has 1 aliphatic carbocycles. The van der Waals surface area contributed by atoms with Crippen LogP contribution in [0.5, 0.6) is 0 Å². The zero-order valence-electron chi connectivity index (χ0n) is 10.8.